The highest BCUT2D eigenvalue weighted by molar-refractivity contribution is 6.28. The zero-order chi connectivity index (χ0) is 12.5. The molecule has 90 valence electrons. The van der Waals surface area contributed by atoms with Gasteiger partial charge in [0.25, 0.3) is 5.95 Å². The van der Waals surface area contributed by atoms with Crippen molar-refractivity contribution >= 4 is 11.6 Å². The molecule has 0 unspecified atom stereocenters. The summed E-state index contributed by atoms with van der Waals surface area (Å²) in [6, 6.07) is 3.58. The average molecular weight is 262 g/mol. The molecule has 3 aromatic rings. The van der Waals surface area contributed by atoms with Crippen LogP contribution in [0.3, 0.4) is 0 Å². The van der Waals surface area contributed by atoms with Gasteiger partial charge in [0, 0.05) is 25.6 Å². The Balaban J connectivity index is 2.11. The molecule has 0 aliphatic heterocycles. The van der Waals surface area contributed by atoms with Gasteiger partial charge in [0.1, 0.15) is 5.69 Å². The van der Waals surface area contributed by atoms with Gasteiger partial charge in [-0.2, -0.15) is 25.1 Å². The minimum atomic E-state index is 0.108. The van der Waals surface area contributed by atoms with Crippen LogP contribution >= 0.6 is 11.6 Å². The second-order valence-electron chi connectivity index (χ2n) is 3.55. The third-order valence-corrected chi connectivity index (χ3v) is 2.42. The van der Waals surface area contributed by atoms with E-state index in [1.165, 1.54) is 4.68 Å². The first-order valence-electron chi connectivity index (χ1n) is 5.14. The van der Waals surface area contributed by atoms with E-state index in [2.05, 4.69) is 25.1 Å². The highest BCUT2D eigenvalue weighted by atomic mass is 35.5. The fraction of sp³-hybridized carbons (Fsp3) is 0.100. The molecule has 0 aliphatic rings. The van der Waals surface area contributed by atoms with E-state index in [4.69, 9.17) is 11.6 Å². The van der Waals surface area contributed by atoms with Gasteiger partial charge in [0.15, 0.2) is 5.82 Å². The average Bonchev–Trinajstić information content (AvgIpc) is 2.98. The van der Waals surface area contributed by atoms with Crippen LogP contribution in [-0.4, -0.2) is 34.5 Å². The predicted molar refractivity (Wildman–Crippen MR) is 64.2 cm³/mol. The number of hydrogen-bond acceptors (Lipinski definition) is 5. The van der Waals surface area contributed by atoms with E-state index < -0.39 is 0 Å². The molecule has 0 amide bonds. The van der Waals surface area contributed by atoms with Crippen molar-refractivity contribution < 1.29 is 0 Å². The van der Waals surface area contributed by atoms with Gasteiger partial charge in [0.05, 0.1) is 0 Å². The van der Waals surface area contributed by atoms with Gasteiger partial charge >= 0.3 is 0 Å². The minimum Gasteiger partial charge on any atom is -0.275 e. The smallest absolute Gasteiger partial charge is 0.255 e. The van der Waals surface area contributed by atoms with Gasteiger partial charge in [-0.3, -0.25) is 4.68 Å². The molecule has 0 saturated carbocycles. The molecule has 3 rings (SSSR count). The van der Waals surface area contributed by atoms with Crippen molar-refractivity contribution in [3.8, 4) is 17.5 Å². The second-order valence-corrected chi connectivity index (χ2v) is 3.89. The van der Waals surface area contributed by atoms with Crippen LogP contribution < -0.4 is 0 Å². The SMILES string of the molecule is Cn1ccc(-c2nc(Cl)nc(-n3cccn3)n2)n1. The van der Waals surface area contributed by atoms with E-state index in [0.717, 1.165) is 0 Å². The van der Waals surface area contributed by atoms with Crippen molar-refractivity contribution in [3.63, 3.8) is 0 Å². The number of nitrogens with zero attached hydrogens (tertiary/aromatic N) is 7. The first kappa shape index (κ1) is 10.8. The third-order valence-electron chi connectivity index (χ3n) is 2.25. The lowest BCUT2D eigenvalue weighted by atomic mass is 10.4. The maximum atomic E-state index is 5.89. The van der Waals surface area contributed by atoms with Gasteiger partial charge in [0.2, 0.25) is 5.28 Å². The van der Waals surface area contributed by atoms with Gasteiger partial charge in [-0.25, -0.2) is 4.68 Å². The van der Waals surface area contributed by atoms with Crippen LogP contribution in [0.1, 0.15) is 0 Å². The van der Waals surface area contributed by atoms with Crippen LogP contribution in [0.4, 0.5) is 0 Å². The molecule has 7 nitrogen and oxygen atoms in total. The van der Waals surface area contributed by atoms with E-state index in [0.29, 0.717) is 17.5 Å². The summed E-state index contributed by atoms with van der Waals surface area (Å²) < 4.78 is 3.18. The Morgan fingerprint density at radius 3 is 2.72 bits per heavy atom. The molecule has 0 spiro atoms. The Morgan fingerprint density at radius 1 is 1.17 bits per heavy atom. The molecule has 0 atom stereocenters. The Bertz CT molecular complexity index is 673. The number of halogens is 1. The van der Waals surface area contributed by atoms with Crippen LogP contribution in [0.2, 0.25) is 5.28 Å². The summed E-state index contributed by atoms with van der Waals surface area (Å²) >= 11 is 5.89. The summed E-state index contributed by atoms with van der Waals surface area (Å²) in [5.74, 6) is 0.779. The lowest BCUT2D eigenvalue weighted by molar-refractivity contribution is 0.763. The first-order chi connectivity index (χ1) is 8.72. The van der Waals surface area contributed by atoms with Crippen molar-refractivity contribution in [1.29, 1.82) is 0 Å². The largest absolute Gasteiger partial charge is 0.275 e. The van der Waals surface area contributed by atoms with Crippen LogP contribution in [0.25, 0.3) is 17.5 Å². The minimum absolute atomic E-state index is 0.108. The molecule has 0 aromatic carbocycles. The topological polar surface area (TPSA) is 74.3 Å². The van der Waals surface area contributed by atoms with Crippen molar-refractivity contribution in [2.75, 3.05) is 0 Å². The molecular formula is C10H8ClN7. The fourth-order valence-electron chi connectivity index (χ4n) is 1.48. The molecular weight excluding hydrogens is 254 g/mol. The van der Waals surface area contributed by atoms with Gasteiger partial charge in [-0.05, 0) is 23.7 Å². The van der Waals surface area contributed by atoms with E-state index >= 15 is 0 Å². The van der Waals surface area contributed by atoms with Gasteiger partial charge < -0.3 is 0 Å². The van der Waals surface area contributed by atoms with Crippen molar-refractivity contribution in [3.05, 3.63) is 36.0 Å². The Kier molecular flexibility index (Phi) is 2.52. The zero-order valence-corrected chi connectivity index (χ0v) is 10.2. The summed E-state index contributed by atoms with van der Waals surface area (Å²) in [5.41, 5.74) is 0.634. The standard InChI is InChI=1S/C10H8ClN7/c1-17-6-3-7(16-17)8-13-9(11)15-10(14-8)18-5-2-4-12-18/h2-6H,1H3. The normalized spacial score (nSPS) is 10.8. The summed E-state index contributed by atoms with van der Waals surface area (Å²) in [7, 11) is 1.82. The monoisotopic (exact) mass is 261 g/mol. The quantitative estimate of drug-likeness (QED) is 0.691. The Morgan fingerprint density at radius 2 is 2.06 bits per heavy atom. The first-order valence-corrected chi connectivity index (χ1v) is 5.52. The highest BCUT2D eigenvalue weighted by Crippen LogP contribution is 2.14. The number of aromatic nitrogens is 7. The predicted octanol–water partition coefficient (Wildman–Crippen LogP) is 1.11. The van der Waals surface area contributed by atoms with Gasteiger partial charge in [-0.1, -0.05) is 0 Å². The number of aryl methyl sites for hydroxylation is 1. The fourth-order valence-corrected chi connectivity index (χ4v) is 1.63. The molecule has 18 heavy (non-hydrogen) atoms. The van der Waals surface area contributed by atoms with E-state index in [1.54, 1.807) is 35.4 Å². The highest BCUT2D eigenvalue weighted by Gasteiger charge is 2.10. The summed E-state index contributed by atoms with van der Waals surface area (Å²) in [5, 5.41) is 8.37. The second kappa shape index (κ2) is 4.19. The van der Waals surface area contributed by atoms with Crippen molar-refractivity contribution in [1.82, 2.24) is 34.5 Å². The maximum absolute atomic E-state index is 5.89. The lowest BCUT2D eigenvalue weighted by Gasteiger charge is -2.01. The van der Waals surface area contributed by atoms with Crippen molar-refractivity contribution in [2.45, 2.75) is 0 Å². The third kappa shape index (κ3) is 1.95. The summed E-state index contributed by atoms with van der Waals surface area (Å²) in [6.45, 7) is 0. The summed E-state index contributed by atoms with van der Waals surface area (Å²) in [6.07, 6.45) is 5.17. The Hall–Kier alpha value is -2.28. The van der Waals surface area contributed by atoms with E-state index in [9.17, 15) is 0 Å². The van der Waals surface area contributed by atoms with Crippen LogP contribution in [-0.2, 0) is 7.05 Å². The lowest BCUT2D eigenvalue weighted by Crippen LogP contribution is -2.05. The van der Waals surface area contributed by atoms with Gasteiger partial charge in [-0.15, -0.1) is 0 Å². The molecule has 0 aliphatic carbocycles. The molecule has 3 aromatic heterocycles. The number of rotatable bonds is 2. The molecule has 3 heterocycles. The number of hydrogen-bond donors (Lipinski definition) is 0. The summed E-state index contributed by atoms with van der Waals surface area (Å²) in [4.78, 5) is 12.3. The molecule has 0 fully saturated rings. The maximum Gasteiger partial charge on any atom is 0.255 e. The molecule has 0 bridgehead atoms. The molecule has 0 saturated heterocycles. The molecule has 0 N–H and O–H groups in total. The van der Waals surface area contributed by atoms with E-state index in [-0.39, 0.29) is 5.28 Å². The van der Waals surface area contributed by atoms with Crippen LogP contribution in [0.5, 0.6) is 0 Å². The molecule has 8 heteroatoms. The van der Waals surface area contributed by atoms with Crippen molar-refractivity contribution in [2.24, 2.45) is 7.05 Å². The van der Waals surface area contributed by atoms with E-state index in [1.807, 2.05) is 7.05 Å². The Labute approximate surface area is 107 Å². The zero-order valence-electron chi connectivity index (χ0n) is 9.40. The molecule has 0 radical (unpaired) electrons. The van der Waals surface area contributed by atoms with Crippen LogP contribution in [0.15, 0.2) is 30.7 Å². The van der Waals surface area contributed by atoms with Crippen LogP contribution in [0, 0.1) is 0 Å².